The van der Waals surface area contributed by atoms with Crippen molar-refractivity contribution in [2.45, 2.75) is 51.5 Å². The van der Waals surface area contributed by atoms with Crippen molar-refractivity contribution in [1.82, 2.24) is 10.2 Å². The number of nitrogens with zero attached hydrogens (tertiary/aromatic N) is 1. The van der Waals surface area contributed by atoms with Crippen LogP contribution in [0.3, 0.4) is 0 Å². The predicted molar refractivity (Wildman–Crippen MR) is 70.6 cm³/mol. The highest BCUT2D eigenvalue weighted by atomic mass is 16.2. The van der Waals surface area contributed by atoms with Crippen molar-refractivity contribution in [3.8, 4) is 12.3 Å². The number of carbonyl (C=O) groups excluding carboxylic acids is 1. The lowest BCUT2D eigenvalue weighted by Gasteiger charge is -2.24. The summed E-state index contributed by atoms with van der Waals surface area (Å²) in [6.07, 6.45) is 10.9. The molecule has 0 radical (unpaired) electrons. The highest BCUT2D eigenvalue weighted by Gasteiger charge is 2.19. The zero-order chi connectivity index (χ0) is 12.5. The first-order valence-electron chi connectivity index (χ1n) is 6.72. The molecule has 1 rings (SSSR count). The minimum Gasteiger partial charge on any atom is -0.341 e. The topological polar surface area (TPSA) is 32.3 Å². The molecule has 0 aromatic heterocycles. The average Bonchev–Trinajstić information content (AvgIpc) is 2.84. The van der Waals surface area contributed by atoms with Crippen LogP contribution in [0.4, 0.5) is 0 Å². The highest BCUT2D eigenvalue weighted by Crippen LogP contribution is 2.09. The molecule has 17 heavy (non-hydrogen) atoms. The van der Waals surface area contributed by atoms with E-state index in [4.69, 9.17) is 6.42 Å². The average molecular weight is 236 g/mol. The molecule has 0 bridgehead atoms. The SMILES string of the molecule is C#CCCCCC(=O)N(CC)CC1CCCN1. The van der Waals surface area contributed by atoms with Crippen LogP contribution in [0, 0.1) is 12.3 Å². The minimum absolute atomic E-state index is 0.276. The molecule has 1 amide bonds. The van der Waals surface area contributed by atoms with Crippen LogP contribution < -0.4 is 5.32 Å². The lowest BCUT2D eigenvalue weighted by atomic mass is 10.1. The van der Waals surface area contributed by atoms with Gasteiger partial charge in [0.2, 0.25) is 5.91 Å². The van der Waals surface area contributed by atoms with E-state index in [1.807, 2.05) is 11.8 Å². The van der Waals surface area contributed by atoms with Gasteiger partial charge in [-0.25, -0.2) is 0 Å². The number of nitrogens with one attached hydrogen (secondary N) is 1. The largest absolute Gasteiger partial charge is 0.341 e. The molecular weight excluding hydrogens is 212 g/mol. The molecule has 96 valence electrons. The fourth-order valence-electron chi connectivity index (χ4n) is 2.25. The van der Waals surface area contributed by atoms with Gasteiger partial charge in [-0.15, -0.1) is 12.3 Å². The molecular formula is C14H24N2O. The van der Waals surface area contributed by atoms with Gasteiger partial charge in [-0.1, -0.05) is 0 Å². The Labute approximate surface area is 105 Å². The third-order valence-corrected chi connectivity index (χ3v) is 3.30. The first kappa shape index (κ1) is 14.1. The Morgan fingerprint density at radius 1 is 1.53 bits per heavy atom. The molecule has 1 N–H and O–H groups in total. The van der Waals surface area contributed by atoms with E-state index in [9.17, 15) is 4.79 Å². The van der Waals surface area contributed by atoms with Crippen molar-refractivity contribution in [1.29, 1.82) is 0 Å². The van der Waals surface area contributed by atoms with Gasteiger partial charge in [-0.2, -0.15) is 0 Å². The number of unbranched alkanes of at least 4 members (excludes halogenated alkanes) is 2. The number of hydrogen-bond donors (Lipinski definition) is 1. The zero-order valence-electron chi connectivity index (χ0n) is 10.9. The maximum absolute atomic E-state index is 12.0. The van der Waals surface area contributed by atoms with E-state index in [-0.39, 0.29) is 5.91 Å². The monoisotopic (exact) mass is 236 g/mol. The van der Waals surface area contributed by atoms with Crippen LogP contribution in [0.1, 0.15) is 45.4 Å². The number of terminal acetylenes is 1. The summed E-state index contributed by atoms with van der Waals surface area (Å²) < 4.78 is 0. The maximum Gasteiger partial charge on any atom is 0.222 e. The molecule has 1 aliphatic heterocycles. The fraction of sp³-hybridized carbons (Fsp3) is 0.786. The Bertz CT molecular complexity index is 264. The van der Waals surface area contributed by atoms with Gasteiger partial charge >= 0.3 is 0 Å². The Balaban J connectivity index is 2.23. The van der Waals surface area contributed by atoms with E-state index >= 15 is 0 Å². The number of rotatable bonds is 7. The number of hydrogen-bond acceptors (Lipinski definition) is 2. The predicted octanol–water partition coefficient (Wildman–Crippen LogP) is 1.78. The van der Waals surface area contributed by atoms with Crippen molar-refractivity contribution < 1.29 is 4.79 Å². The zero-order valence-corrected chi connectivity index (χ0v) is 10.9. The molecule has 0 spiro atoms. The molecule has 1 unspecified atom stereocenters. The summed E-state index contributed by atoms with van der Waals surface area (Å²) in [5.41, 5.74) is 0. The number of amides is 1. The van der Waals surface area contributed by atoms with E-state index in [2.05, 4.69) is 11.2 Å². The van der Waals surface area contributed by atoms with Gasteiger partial charge in [0.1, 0.15) is 0 Å². The Hall–Kier alpha value is -1.01. The van der Waals surface area contributed by atoms with E-state index in [0.717, 1.165) is 38.9 Å². The molecule has 3 nitrogen and oxygen atoms in total. The lowest BCUT2D eigenvalue weighted by Crippen LogP contribution is -2.40. The maximum atomic E-state index is 12.0. The molecule has 1 heterocycles. The second-order valence-electron chi connectivity index (χ2n) is 4.64. The third kappa shape index (κ3) is 5.23. The Morgan fingerprint density at radius 3 is 2.94 bits per heavy atom. The van der Waals surface area contributed by atoms with Gasteiger partial charge in [0.25, 0.3) is 0 Å². The van der Waals surface area contributed by atoms with E-state index < -0.39 is 0 Å². The third-order valence-electron chi connectivity index (χ3n) is 3.30. The van der Waals surface area contributed by atoms with Crippen molar-refractivity contribution >= 4 is 5.91 Å². The molecule has 0 aromatic rings. The molecule has 0 aromatic carbocycles. The quantitative estimate of drug-likeness (QED) is 0.540. The first-order valence-corrected chi connectivity index (χ1v) is 6.72. The Morgan fingerprint density at radius 2 is 2.35 bits per heavy atom. The summed E-state index contributed by atoms with van der Waals surface area (Å²) in [5.74, 6) is 2.88. The molecule has 1 atom stereocenters. The molecule has 1 saturated heterocycles. The summed E-state index contributed by atoms with van der Waals surface area (Å²) >= 11 is 0. The summed E-state index contributed by atoms with van der Waals surface area (Å²) in [6, 6.07) is 0.504. The van der Waals surface area contributed by atoms with Gasteiger partial charge in [-0.05, 0) is 39.2 Å². The Kier molecular flexibility index (Phi) is 6.73. The van der Waals surface area contributed by atoms with Crippen LogP contribution in [-0.4, -0.2) is 36.5 Å². The number of carbonyl (C=O) groups is 1. The summed E-state index contributed by atoms with van der Waals surface area (Å²) in [7, 11) is 0. The van der Waals surface area contributed by atoms with Crippen LogP contribution in [0.2, 0.25) is 0 Å². The van der Waals surface area contributed by atoms with Crippen LogP contribution in [0.25, 0.3) is 0 Å². The molecule has 1 aliphatic rings. The standard InChI is InChI=1S/C14H24N2O/c1-3-5-6-7-10-14(17)16(4-2)12-13-9-8-11-15-13/h1,13,15H,4-12H2,2H3. The van der Waals surface area contributed by atoms with Crippen LogP contribution in [-0.2, 0) is 4.79 Å². The van der Waals surface area contributed by atoms with Gasteiger partial charge in [-0.3, -0.25) is 4.79 Å². The number of likely N-dealkylation sites (N-methyl/N-ethyl adjacent to an activating group) is 1. The van der Waals surface area contributed by atoms with Crippen LogP contribution >= 0.6 is 0 Å². The molecule has 1 fully saturated rings. The molecule has 0 saturated carbocycles. The fourth-order valence-corrected chi connectivity index (χ4v) is 2.25. The van der Waals surface area contributed by atoms with Gasteiger partial charge in [0.15, 0.2) is 0 Å². The second kappa shape index (κ2) is 8.14. The van der Waals surface area contributed by atoms with Crippen molar-refractivity contribution in [3.63, 3.8) is 0 Å². The summed E-state index contributed by atoms with van der Waals surface area (Å²) in [5, 5.41) is 3.43. The second-order valence-corrected chi connectivity index (χ2v) is 4.64. The van der Waals surface area contributed by atoms with E-state index in [0.29, 0.717) is 12.5 Å². The van der Waals surface area contributed by atoms with Crippen molar-refractivity contribution in [2.24, 2.45) is 0 Å². The van der Waals surface area contributed by atoms with Crippen LogP contribution in [0.5, 0.6) is 0 Å². The first-order chi connectivity index (χ1) is 8.27. The smallest absolute Gasteiger partial charge is 0.222 e. The summed E-state index contributed by atoms with van der Waals surface area (Å²) in [6.45, 7) is 4.82. The van der Waals surface area contributed by atoms with E-state index in [1.165, 1.54) is 12.8 Å². The normalized spacial score (nSPS) is 18.9. The molecule has 0 aliphatic carbocycles. The van der Waals surface area contributed by atoms with Crippen molar-refractivity contribution in [2.75, 3.05) is 19.6 Å². The lowest BCUT2D eigenvalue weighted by molar-refractivity contribution is -0.131. The van der Waals surface area contributed by atoms with Gasteiger partial charge in [0.05, 0.1) is 0 Å². The van der Waals surface area contributed by atoms with Gasteiger partial charge in [0, 0.05) is 32.0 Å². The van der Waals surface area contributed by atoms with Crippen molar-refractivity contribution in [3.05, 3.63) is 0 Å². The van der Waals surface area contributed by atoms with Crippen LogP contribution in [0.15, 0.2) is 0 Å². The summed E-state index contributed by atoms with van der Waals surface area (Å²) in [4.78, 5) is 13.9. The van der Waals surface area contributed by atoms with Gasteiger partial charge < -0.3 is 10.2 Å². The molecule has 3 heteroatoms. The highest BCUT2D eigenvalue weighted by molar-refractivity contribution is 5.76. The minimum atomic E-state index is 0.276. The van der Waals surface area contributed by atoms with E-state index in [1.54, 1.807) is 0 Å².